The summed E-state index contributed by atoms with van der Waals surface area (Å²) >= 11 is 0. The molecule has 0 radical (unpaired) electrons. The van der Waals surface area contributed by atoms with Crippen LogP contribution in [-0.4, -0.2) is 30.9 Å². The Morgan fingerprint density at radius 3 is 1.74 bits per heavy atom. The van der Waals surface area contributed by atoms with Gasteiger partial charge in [0.25, 0.3) is 0 Å². The van der Waals surface area contributed by atoms with Crippen molar-refractivity contribution >= 4 is 23.8 Å². The lowest BCUT2D eigenvalue weighted by atomic mass is 10.4. The first kappa shape index (κ1) is 18.7. The van der Waals surface area contributed by atoms with E-state index in [1.807, 2.05) is 0 Å². The normalized spacial score (nSPS) is 11.1. The van der Waals surface area contributed by atoms with Crippen LogP contribution in [0.4, 0.5) is 0 Å². The standard InChI is InChI=1S/C5H8O2.C4H2O3.C3H5NO/c1-4(2)5(6)7-3;5-3-1-2-4(6)7-3;1-2-3(4)5/h1H2,2-3H3;1-2H;2H,1H2,(H2,4,5). The van der Waals surface area contributed by atoms with Gasteiger partial charge in [0.2, 0.25) is 5.91 Å². The number of carbonyl (C=O) groups is 4. The van der Waals surface area contributed by atoms with Gasteiger partial charge in [-0.3, -0.25) is 4.79 Å². The number of cyclic esters (lactones) is 2. The summed E-state index contributed by atoms with van der Waals surface area (Å²) in [6.07, 6.45) is 3.23. The summed E-state index contributed by atoms with van der Waals surface area (Å²) in [4.78, 5) is 39.5. The van der Waals surface area contributed by atoms with Crippen molar-refractivity contribution in [3.63, 3.8) is 0 Å². The number of amides is 1. The number of ether oxygens (including phenoxy) is 2. The minimum atomic E-state index is -0.579. The number of primary amides is 1. The largest absolute Gasteiger partial charge is 0.466 e. The van der Waals surface area contributed by atoms with Crippen LogP contribution in [0.2, 0.25) is 0 Å². The maximum Gasteiger partial charge on any atom is 0.338 e. The minimum absolute atomic E-state index is 0.347. The Kier molecular flexibility index (Phi) is 10.3. The summed E-state index contributed by atoms with van der Waals surface area (Å²) in [7, 11) is 1.33. The number of methoxy groups -OCH3 is 1. The fourth-order valence-electron chi connectivity index (χ4n) is 0.477. The molecule has 0 saturated heterocycles. The average molecular weight is 269 g/mol. The first-order valence-electron chi connectivity index (χ1n) is 4.84. The molecule has 0 saturated carbocycles. The van der Waals surface area contributed by atoms with Gasteiger partial charge in [-0.2, -0.15) is 0 Å². The first-order chi connectivity index (χ1) is 8.74. The summed E-state index contributed by atoms with van der Waals surface area (Å²) in [5.74, 6) is -1.99. The fraction of sp³-hybridized carbons (Fsp3) is 0.167. The molecule has 0 bridgehead atoms. The molecule has 2 N–H and O–H groups in total. The number of nitrogens with two attached hydrogens (primary N) is 1. The summed E-state index contributed by atoms with van der Waals surface area (Å²) in [6, 6.07) is 0. The molecule has 0 aromatic carbocycles. The highest BCUT2D eigenvalue weighted by atomic mass is 16.6. The van der Waals surface area contributed by atoms with Gasteiger partial charge >= 0.3 is 17.9 Å². The van der Waals surface area contributed by atoms with Crippen LogP contribution in [0.3, 0.4) is 0 Å². The molecule has 0 aliphatic carbocycles. The molecule has 0 fully saturated rings. The predicted octanol–water partition coefficient (Wildman–Crippen LogP) is 0.0192. The molecule has 0 aromatic heterocycles. The third-order valence-electron chi connectivity index (χ3n) is 1.29. The second-order valence-electron chi connectivity index (χ2n) is 2.95. The van der Waals surface area contributed by atoms with Gasteiger partial charge in [-0.15, -0.1) is 0 Å². The summed E-state index contributed by atoms with van der Waals surface area (Å²) in [5.41, 5.74) is 4.97. The molecule has 7 heteroatoms. The predicted molar refractivity (Wildman–Crippen MR) is 66.5 cm³/mol. The maximum atomic E-state index is 10.2. The zero-order valence-electron chi connectivity index (χ0n) is 10.7. The van der Waals surface area contributed by atoms with Crippen molar-refractivity contribution in [2.45, 2.75) is 6.92 Å². The second kappa shape index (κ2) is 10.5. The van der Waals surface area contributed by atoms with E-state index in [1.54, 1.807) is 6.92 Å². The van der Waals surface area contributed by atoms with Crippen molar-refractivity contribution in [1.29, 1.82) is 0 Å². The summed E-state index contributed by atoms with van der Waals surface area (Å²) in [6.45, 7) is 8.04. The van der Waals surface area contributed by atoms with E-state index < -0.39 is 17.8 Å². The van der Waals surface area contributed by atoms with Crippen LogP contribution in [0.5, 0.6) is 0 Å². The van der Waals surface area contributed by atoms with Crippen molar-refractivity contribution in [3.05, 3.63) is 37.0 Å². The molecule has 0 spiro atoms. The van der Waals surface area contributed by atoms with Crippen molar-refractivity contribution in [2.24, 2.45) is 5.73 Å². The van der Waals surface area contributed by atoms with Gasteiger partial charge in [-0.25, -0.2) is 14.4 Å². The van der Waals surface area contributed by atoms with E-state index in [1.165, 1.54) is 7.11 Å². The third kappa shape index (κ3) is 13.2. The van der Waals surface area contributed by atoms with Crippen molar-refractivity contribution in [1.82, 2.24) is 0 Å². The van der Waals surface area contributed by atoms with Crippen LogP contribution in [0.15, 0.2) is 37.0 Å². The van der Waals surface area contributed by atoms with E-state index in [2.05, 4.69) is 28.4 Å². The highest BCUT2D eigenvalue weighted by Gasteiger charge is 2.10. The monoisotopic (exact) mass is 269 g/mol. The highest BCUT2D eigenvalue weighted by molar-refractivity contribution is 6.04. The van der Waals surface area contributed by atoms with Crippen LogP contribution >= 0.6 is 0 Å². The lowest BCUT2D eigenvalue weighted by Gasteiger charge is -1.91. The third-order valence-corrected chi connectivity index (χ3v) is 1.29. The van der Waals surface area contributed by atoms with E-state index in [-0.39, 0.29) is 5.97 Å². The average Bonchev–Trinajstić information content (AvgIpc) is 2.73. The Hall–Kier alpha value is -2.70. The lowest BCUT2D eigenvalue weighted by Crippen LogP contribution is -2.04. The van der Waals surface area contributed by atoms with Crippen LogP contribution in [0.1, 0.15) is 6.92 Å². The SMILES string of the molecule is C=C(C)C(=O)OC.C=CC(N)=O.O=C1C=CC(=O)O1. The highest BCUT2D eigenvalue weighted by Crippen LogP contribution is 1.92. The Balaban J connectivity index is 0. The van der Waals surface area contributed by atoms with Crippen molar-refractivity contribution in [3.8, 4) is 0 Å². The van der Waals surface area contributed by atoms with Crippen LogP contribution in [-0.2, 0) is 28.7 Å². The number of hydrogen-bond acceptors (Lipinski definition) is 6. The molecule has 0 aromatic rings. The first-order valence-corrected chi connectivity index (χ1v) is 4.84. The van der Waals surface area contributed by atoms with E-state index >= 15 is 0 Å². The topological polar surface area (TPSA) is 113 Å². The van der Waals surface area contributed by atoms with Crippen LogP contribution in [0.25, 0.3) is 0 Å². The Morgan fingerprint density at radius 2 is 1.68 bits per heavy atom. The number of carbonyl (C=O) groups excluding carboxylic acids is 4. The van der Waals surface area contributed by atoms with E-state index in [4.69, 9.17) is 0 Å². The molecule has 0 atom stereocenters. The zero-order valence-corrected chi connectivity index (χ0v) is 10.7. The molecule has 0 unspecified atom stereocenters. The molecular weight excluding hydrogens is 254 g/mol. The Morgan fingerprint density at radius 1 is 1.32 bits per heavy atom. The van der Waals surface area contributed by atoms with E-state index in [0.717, 1.165) is 18.2 Å². The quantitative estimate of drug-likeness (QED) is 0.429. The second-order valence-corrected chi connectivity index (χ2v) is 2.95. The fourth-order valence-corrected chi connectivity index (χ4v) is 0.477. The molecule has 1 heterocycles. The Bertz CT molecular complexity index is 406. The molecular formula is C12H15NO6. The van der Waals surface area contributed by atoms with E-state index in [0.29, 0.717) is 5.57 Å². The van der Waals surface area contributed by atoms with Gasteiger partial charge in [-0.05, 0) is 13.0 Å². The van der Waals surface area contributed by atoms with Gasteiger partial charge in [0, 0.05) is 17.7 Å². The van der Waals surface area contributed by atoms with Crippen molar-refractivity contribution < 1.29 is 28.7 Å². The molecule has 104 valence electrons. The number of rotatable bonds is 2. The molecule has 19 heavy (non-hydrogen) atoms. The minimum Gasteiger partial charge on any atom is -0.466 e. The lowest BCUT2D eigenvalue weighted by molar-refractivity contribution is -0.150. The molecule has 1 rings (SSSR count). The van der Waals surface area contributed by atoms with Gasteiger partial charge in [0.1, 0.15) is 0 Å². The van der Waals surface area contributed by atoms with Gasteiger partial charge in [0.15, 0.2) is 0 Å². The molecule has 1 aliphatic rings. The molecule has 1 amide bonds. The van der Waals surface area contributed by atoms with Crippen LogP contribution in [0, 0.1) is 0 Å². The molecule has 1 aliphatic heterocycles. The van der Waals surface area contributed by atoms with Crippen LogP contribution < -0.4 is 5.73 Å². The van der Waals surface area contributed by atoms with Gasteiger partial charge in [-0.1, -0.05) is 13.2 Å². The smallest absolute Gasteiger partial charge is 0.338 e. The van der Waals surface area contributed by atoms with Gasteiger partial charge in [0.05, 0.1) is 7.11 Å². The van der Waals surface area contributed by atoms with E-state index in [9.17, 15) is 19.2 Å². The number of hydrogen-bond donors (Lipinski definition) is 1. The van der Waals surface area contributed by atoms with Gasteiger partial charge < -0.3 is 15.2 Å². The Labute approximate surface area is 110 Å². The summed E-state index contributed by atoms with van der Waals surface area (Å²) < 4.78 is 8.25. The number of esters is 3. The maximum absolute atomic E-state index is 10.2. The summed E-state index contributed by atoms with van der Waals surface area (Å²) in [5, 5.41) is 0. The zero-order chi connectivity index (χ0) is 15.4. The van der Waals surface area contributed by atoms with Crippen molar-refractivity contribution in [2.75, 3.05) is 7.11 Å². The molecule has 7 nitrogen and oxygen atoms in total.